The summed E-state index contributed by atoms with van der Waals surface area (Å²) in [4.78, 5) is 12.2. The molecule has 0 aliphatic heterocycles. The zero-order valence-corrected chi connectivity index (χ0v) is 14.6. The number of hydrogen-bond donors (Lipinski definition) is 2. The average molecular weight is 347 g/mol. The molecule has 3 aromatic carbocycles. The molecule has 0 saturated carbocycles. The summed E-state index contributed by atoms with van der Waals surface area (Å²) in [5.74, 6) is -0.169. The van der Waals surface area contributed by atoms with E-state index >= 15 is 0 Å². The summed E-state index contributed by atoms with van der Waals surface area (Å²) in [5, 5.41) is 9.12. The highest BCUT2D eigenvalue weighted by atomic mass is 16.5. The van der Waals surface area contributed by atoms with E-state index in [1.807, 2.05) is 85.8 Å². The molecule has 132 valence electrons. The van der Waals surface area contributed by atoms with Gasteiger partial charge >= 0.3 is 0 Å². The Balaban J connectivity index is 1.88. The van der Waals surface area contributed by atoms with Crippen molar-refractivity contribution in [1.29, 1.82) is 0 Å². The summed E-state index contributed by atoms with van der Waals surface area (Å²) < 4.78 is 5.47. The number of carbonyl (C=O) groups excluding carboxylic acids is 1. The second-order valence-electron chi connectivity index (χ2n) is 5.90. The second kappa shape index (κ2) is 8.32. The highest BCUT2D eigenvalue weighted by Gasteiger charge is 2.22. The molecule has 1 atom stereocenters. The van der Waals surface area contributed by atoms with E-state index in [0.29, 0.717) is 6.61 Å². The van der Waals surface area contributed by atoms with Crippen LogP contribution < -0.4 is 10.2 Å². The van der Waals surface area contributed by atoms with Crippen molar-refractivity contribution in [2.45, 2.75) is 12.8 Å². The van der Waals surface area contributed by atoms with Gasteiger partial charge in [-0.05, 0) is 41.3 Å². The lowest BCUT2D eigenvalue weighted by Gasteiger charge is -2.16. The Labute approximate surface area is 153 Å². The summed E-state index contributed by atoms with van der Waals surface area (Å²) in [7, 11) is 0. The second-order valence-corrected chi connectivity index (χ2v) is 5.90. The Morgan fingerprint density at radius 1 is 0.885 bits per heavy atom. The molecule has 4 heteroatoms. The predicted octanol–water partition coefficient (Wildman–Crippen LogP) is 4.39. The highest BCUT2D eigenvalue weighted by molar-refractivity contribution is 5.86. The number of carbonyl (C=O) groups is 1. The van der Waals surface area contributed by atoms with Gasteiger partial charge in [0.15, 0.2) is 0 Å². The Morgan fingerprint density at radius 2 is 1.42 bits per heavy atom. The normalized spacial score (nSPS) is 11.6. The number of rotatable bonds is 6. The van der Waals surface area contributed by atoms with Crippen LogP contribution >= 0.6 is 0 Å². The van der Waals surface area contributed by atoms with Gasteiger partial charge in [0.25, 0.3) is 5.91 Å². The summed E-state index contributed by atoms with van der Waals surface area (Å²) in [5.41, 5.74) is 5.54. The van der Waals surface area contributed by atoms with E-state index in [2.05, 4.69) is 0 Å². The van der Waals surface area contributed by atoms with Crippen LogP contribution in [-0.2, 0) is 4.79 Å². The Bertz CT molecular complexity index is 843. The maximum Gasteiger partial charge on any atom is 0.255 e. The Kier molecular flexibility index (Phi) is 5.66. The molecule has 3 rings (SSSR count). The molecule has 3 aromatic rings. The average Bonchev–Trinajstić information content (AvgIpc) is 2.70. The molecule has 0 heterocycles. The molecule has 4 nitrogen and oxygen atoms in total. The van der Waals surface area contributed by atoms with Crippen LogP contribution in [0.3, 0.4) is 0 Å². The molecule has 0 aliphatic rings. The van der Waals surface area contributed by atoms with Crippen LogP contribution in [0.25, 0.3) is 11.1 Å². The van der Waals surface area contributed by atoms with Crippen LogP contribution in [-0.4, -0.2) is 17.7 Å². The number of amides is 1. The summed E-state index contributed by atoms with van der Waals surface area (Å²) in [6.07, 6.45) is 0. The molecule has 0 spiro atoms. The van der Waals surface area contributed by atoms with Crippen molar-refractivity contribution in [1.82, 2.24) is 5.48 Å². The van der Waals surface area contributed by atoms with Gasteiger partial charge in [0, 0.05) is 0 Å². The first-order chi connectivity index (χ1) is 12.7. The fraction of sp³-hybridized carbons (Fsp3) is 0.136. The lowest BCUT2D eigenvalue weighted by Crippen LogP contribution is -2.27. The summed E-state index contributed by atoms with van der Waals surface area (Å²) in [6.45, 7) is 2.60. The fourth-order valence-electron chi connectivity index (χ4n) is 2.98. The van der Waals surface area contributed by atoms with Crippen molar-refractivity contribution in [3.8, 4) is 16.9 Å². The van der Waals surface area contributed by atoms with Crippen molar-refractivity contribution in [2.24, 2.45) is 0 Å². The molecule has 0 radical (unpaired) electrons. The van der Waals surface area contributed by atoms with Crippen molar-refractivity contribution >= 4 is 5.91 Å². The molecule has 1 amide bonds. The molecule has 1 unspecified atom stereocenters. The van der Waals surface area contributed by atoms with Gasteiger partial charge in [0.1, 0.15) is 5.75 Å². The first-order valence-electron chi connectivity index (χ1n) is 8.55. The van der Waals surface area contributed by atoms with Gasteiger partial charge in [-0.3, -0.25) is 10.0 Å². The molecule has 0 saturated heterocycles. The minimum Gasteiger partial charge on any atom is -0.494 e. The zero-order chi connectivity index (χ0) is 18.4. The van der Waals surface area contributed by atoms with Crippen molar-refractivity contribution < 1.29 is 14.7 Å². The van der Waals surface area contributed by atoms with Gasteiger partial charge in [-0.1, -0.05) is 66.7 Å². The Hall–Kier alpha value is -3.11. The van der Waals surface area contributed by atoms with Gasteiger partial charge < -0.3 is 4.74 Å². The highest BCUT2D eigenvalue weighted by Crippen LogP contribution is 2.28. The first-order valence-corrected chi connectivity index (χ1v) is 8.55. The van der Waals surface area contributed by atoms with E-state index in [1.165, 1.54) is 0 Å². The van der Waals surface area contributed by atoms with E-state index in [-0.39, 0.29) is 0 Å². The number of nitrogens with one attached hydrogen (secondary N) is 1. The fourth-order valence-corrected chi connectivity index (χ4v) is 2.98. The lowest BCUT2D eigenvalue weighted by molar-refractivity contribution is -0.129. The zero-order valence-electron chi connectivity index (χ0n) is 14.6. The summed E-state index contributed by atoms with van der Waals surface area (Å²) >= 11 is 0. The monoisotopic (exact) mass is 347 g/mol. The van der Waals surface area contributed by atoms with Crippen LogP contribution in [0.15, 0.2) is 78.9 Å². The number of benzene rings is 3. The maximum atomic E-state index is 12.2. The van der Waals surface area contributed by atoms with Gasteiger partial charge in [0.05, 0.1) is 12.5 Å². The van der Waals surface area contributed by atoms with Crippen LogP contribution in [0.1, 0.15) is 24.0 Å². The number of hydroxylamine groups is 1. The number of ether oxygens (including phenoxy) is 1. The Morgan fingerprint density at radius 3 is 1.96 bits per heavy atom. The molecule has 2 N–H and O–H groups in total. The molecular formula is C22H21NO3. The molecular weight excluding hydrogens is 326 g/mol. The smallest absolute Gasteiger partial charge is 0.255 e. The SMILES string of the molecule is CCOc1ccc(-c2ccc(C(C(=O)NO)c3ccccc3)cc2)cc1. The minimum absolute atomic E-state index is 0.454. The quantitative estimate of drug-likeness (QED) is 0.513. The standard InChI is InChI=1S/C22H21NO3/c1-2-26-20-14-12-17(13-15-20)16-8-10-19(11-9-16)21(22(24)23-25)18-6-4-3-5-7-18/h3-15,21,25H,2H2,1H3,(H,23,24). The molecule has 0 aliphatic carbocycles. The van der Waals surface area contributed by atoms with Gasteiger partial charge in [-0.2, -0.15) is 0 Å². The lowest BCUT2D eigenvalue weighted by atomic mass is 9.89. The van der Waals surface area contributed by atoms with Crippen LogP contribution in [0, 0.1) is 0 Å². The predicted molar refractivity (Wildman–Crippen MR) is 101 cm³/mol. The molecule has 0 aromatic heterocycles. The van der Waals surface area contributed by atoms with Crippen molar-refractivity contribution in [3.05, 3.63) is 90.0 Å². The third-order valence-corrected chi connectivity index (χ3v) is 4.25. The van der Waals surface area contributed by atoms with Crippen molar-refractivity contribution in [2.75, 3.05) is 6.61 Å². The van der Waals surface area contributed by atoms with Crippen molar-refractivity contribution in [3.63, 3.8) is 0 Å². The van der Waals surface area contributed by atoms with Gasteiger partial charge in [-0.15, -0.1) is 0 Å². The third kappa shape index (κ3) is 3.92. The van der Waals surface area contributed by atoms with Crippen LogP contribution in [0.5, 0.6) is 5.75 Å². The van der Waals surface area contributed by atoms with E-state index in [0.717, 1.165) is 28.0 Å². The minimum atomic E-state index is -0.560. The molecule has 26 heavy (non-hydrogen) atoms. The summed E-state index contributed by atoms with van der Waals surface area (Å²) in [6, 6.07) is 25.1. The topological polar surface area (TPSA) is 58.6 Å². The largest absolute Gasteiger partial charge is 0.494 e. The van der Waals surface area contributed by atoms with Crippen LogP contribution in [0.4, 0.5) is 0 Å². The first kappa shape index (κ1) is 17.7. The van der Waals surface area contributed by atoms with Crippen LogP contribution in [0.2, 0.25) is 0 Å². The maximum absolute atomic E-state index is 12.2. The number of hydrogen-bond acceptors (Lipinski definition) is 3. The van der Waals surface area contributed by atoms with E-state index in [4.69, 9.17) is 9.94 Å². The van der Waals surface area contributed by atoms with E-state index < -0.39 is 11.8 Å². The third-order valence-electron chi connectivity index (χ3n) is 4.25. The molecule has 0 fully saturated rings. The van der Waals surface area contributed by atoms with Gasteiger partial charge in [-0.25, -0.2) is 5.48 Å². The molecule has 0 bridgehead atoms. The van der Waals surface area contributed by atoms with E-state index in [1.54, 1.807) is 5.48 Å². The van der Waals surface area contributed by atoms with E-state index in [9.17, 15) is 4.79 Å². The van der Waals surface area contributed by atoms with Gasteiger partial charge in [0.2, 0.25) is 0 Å².